The molecule has 0 unspecified atom stereocenters. The van der Waals surface area contributed by atoms with E-state index in [-0.39, 0.29) is 12.5 Å². The van der Waals surface area contributed by atoms with Crippen molar-refractivity contribution in [2.45, 2.75) is 24.9 Å². The molecule has 0 spiro atoms. The van der Waals surface area contributed by atoms with E-state index in [2.05, 4.69) is 20.8 Å². The lowest BCUT2D eigenvalue weighted by molar-refractivity contribution is 0.0275. The van der Waals surface area contributed by atoms with E-state index in [1.807, 2.05) is 24.3 Å². The average Bonchev–Trinajstić information content (AvgIpc) is 3.03. The molecule has 1 amide bonds. The predicted octanol–water partition coefficient (Wildman–Crippen LogP) is 1.32. The third kappa shape index (κ3) is 4.37. The van der Waals surface area contributed by atoms with Crippen molar-refractivity contribution in [2.24, 2.45) is 0 Å². The molecule has 2 heterocycles. The Bertz CT molecular complexity index is 703. The molecular weight excluding hydrogens is 320 g/mol. The molecule has 2 aromatic rings. The largest absolute Gasteiger partial charge is 0.497 e. The summed E-state index contributed by atoms with van der Waals surface area (Å²) in [6.07, 6.45) is 2.21. The van der Waals surface area contributed by atoms with E-state index in [1.54, 1.807) is 13.2 Å². The Morgan fingerprint density at radius 3 is 2.88 bits per heavy atom. The van der Waals surface area contributed by atoms with Crippen LogP contribution in [-0.4, -0.2) is 53.6 Å². The molecular formula is C18H24N4O3. The highest BCUT2D eigenvalue weighted by atomic mass is 16.5. The van der Waals surface area contributed by atoms with Crippen molar-refractivity contribution in [3.05, 3.63) is 36.0 Å². The van der Waals surface area contributed by atoms with Gasteiger partial charge in [0.05, 0.1) is 18.4 Å². The Morgan fingerprint density at radius 1 is 1.32 bits per heavy atom. The molecule has 3 rings (SSSR count). The fourth-order valence-electron chi connectivity index (χ4n) is 2.98. The van der Waals surface area contributed by atoms with E-state index in [0.717, 1.165) is 30.8 Å². The third-order valence-corrected chi connectivity index (χ3v) is 4.55. The van der Waals surface area contributed by atoms with Gasteiger partial charge < -0.3 is 20.5 Å². The highest BCUT2D eigenvalue weighted by molar-refractivity contribution is 5.93. The van der Waals surface area contributed by atoms with E-state index < -0.39 is 5.60 Å². The highest BCUT2D eigenvalue weighted by Crippen LogP contribution is 2.21. The number of nitrogens with one attached hydrogen (secondary N) is 3. The van der Waals surface area contributed by atoms with Gasteiger partial charge in [-0.05, 0) is 62.7 Å². The maximum Gasteiger partial charge on any atom is 0.269 e. The zero-order chi connectivity index (χ0) is 17.7. The maximum atomic E-state index is 12.3. The summed E-state index contributed by atoms with van der Waals surface area (Å²) in [6.45, 7) is 1.91. The summed E-state index contributed by atoms with van der Waals surface area (Å²) in [7, 11) is 1.62. The first-order chi connectivity index (χ1) is 12.1. The summed E-state index contributed by atoms with van der Waals surface area (Å²) in [5.74, 6) is 0.501. The van der Waals surface area contributed by atoms with Crippen molar-refractivity contribution in [2.75, 3.05) is 26.7 Å². The summed E-state index contributed by atoms with van der Waals surface area (Å²) >= 11 is 0. The van der Waals surface area contributed by atoms with Gasteiger partial charge in [-0.15, -0.1) is 0 Å². The number of carbonyl (C=O) groups is 1. The van der Waals surface area contributed by atoms with Crippen LogP contribution in [0.4, 0.5) is 0 Å². The van der Waals surface area contributed by atoms with E-state index >= 15 is 0 Å². The number of aromatic nitrogens is 2. The second kappa shape index (κ2) is 7.67. The molecule has 1 saturated heterocycles. The van der Waals surface area contributed by atoms with Crippen LogP contribution in [0.2, 0.25) is 0 Å². The van der Waals surface area contributed by atoms with Crippen molar-refractivity contribution in [1.29, 1.82) is 0 Å². The van der Waals surface area contributed by atoms with Gasteiger partial charge in [-0.3, -0.25) is 9.89 Å². The van der Waals surface area contributed by atoms with Crippen molar-refractivity contribution >= 4 is 5.91 Å². The highest BCUT2D eigenvalue weighted by Gasteiger charge is 2.28. The predicted molar refractivity (Wildman–Crippen MR) is 94.6 cm³/mol. The van der Waals surface area contributed by atoms with Crippen molar-refractivity contribution in [1.82, 2.24) is 20.8 Å². The SMILES string of the molecule is COc1ccc(-c2cc(C(=O)NC[C@@]3(O)CCCNCC3)[nH]n2)cc1. The van der Waals surface area contributed by atoms with Gasteiger partial charge in [0.1, 0.15) is 11.4 Å². The number of hydrogen-bond donors (Lipinski definition) is 4. The minimum atomic E-state index is -0.849. The minimum Gasteiger partial charge on any atom is -0.497 e. The molecule has 0 aliphatic carbocycles. The van der Waals surface area contributed by atoms with Gasteiger partial charge in [-0.1, -0.05) is 0 Å². The number of ether oxygens (including phenoxy) is 1. The number of aliphatic hydroxyl groups is 1. The molecule has 0 saturated carbocycles. The van der Waals surface area contributed by atoms with Crippen LogP contribution in [0.3, 0.4) is 0 Å². The zero-order valence-electron chi connectivity index (χ0n) is 14.3. The van der Waals surface area contributed by atoms with Gasteiger partial charge >= 0.3 is 0 Å². The van der Waals surface area contributed by atoms with Crippen LogP contribution >= 0.6 is 0 Å². The topological polar surface area (TPSA) is 99.3 Å². The van der Waals surface area contributed by atoms with Crippen LogP contribution in [0.25, 0.3) is 11.3 Å². The number of methoxy groups -OCH3 is 1. The smallest absolute Gasteiger partial charge is 0.269 e. The summed E-state index contributed by atoms with van der Waals surface area (Å²) in [5, 5.41) is 23.6. The first kappa shape index (κ1) is 17.4. The van der Waals surface area contributed by atoms with Crippen molar-refractivity contribution in [3.63, 3.8) is 0 Å². The zero-order valence-corrected chi connectivity index (χ0v) is 14.3. The first-order valence-corrected chi connectivity index (χ1v) is 8.51. The molecule has 1 aromatic carbocycles. The molecule has 7 nitrogen and oxygen atoms in total. The van der Waals surface area contributed by atoms with Gasteiger partial charge in [-0.25, -0.2) is 0 Å². The number of benzene rings is 1. The van der Waals surface area contributed by atoms with E-state index in [0.29, 0.717) is 24.2 Å². The van der Waals surface area contributed by atoms with Crippen LogP contribution in [0.5, 0.6) is 5.75 Å². The summed E-state index contributed by atoms with van der Waals surface area (Å²) < 4.78 is 5.14. The van der Waals surface area contributed by atoms with Crippen molar-refractivity contribution < 1.29 is 14.6 Å². The number of H-pyrrole nitrogens is 1. The standard InChI is InChI=1S/C18H24N4O3/c1-25-14-5-3-13(4-6-14)15-11-16(22-21-15)17(23)20-12-18(24)7-2-9-19-10-8-18/h3-6,11,19,24H,2,7-10,12H2,1H3,(H,20,23)(H,21,22)/t18-/m1/s1. The molecule has 134 valence electrons. The van der Waals surface area contributed by atoms with Crippen LogP contribution < -0.4 is 15.4 Å². The van der Waals surface area contributed by atoms with Crippen molar-refractivity contribution in [3.8, 4) is 17.0 Å². The molecule has 1 aliphatic heterocycles. The normalized spacial score (nSPS) is 20.7. The molecule has 7 heteroatoms. The molecule has 0 radical (unpaired) electrons. The molecule has 0 bridgehead atoms. The summed E-state index contributed by atoms with van der Waals surface area (Å²) in [6, 6.07) is 9.17. The molecule has 1 aromatic heterocycles. The molecule has 25 heavy (non-hydrogen) atoms. The lowest BCUT2D eigenvalue weighted by Gasteiger charge is -2.26. The van der Waals surface area contributed by atoms with Gasteiger partial charge in [-0.2, -0.15) is 5.10 Å². The molecule has 1 fully saturated rings. The minimum absolute atomic E-state index is 0.240. The molecule has 1 atom stereocenters. The monoisotopic (exact) mass is 344 g/mol. The Labute approximate surface area is 146 Å². The number of nitrogens with zero attached hydrogens (tertiary/aromatic N) is 1. The summed E-state index contributed by atoms with van der Waals surface area (Å²) in [5.41, 5.74) is 1.11. The van der Waals surface area contributed by atoms with E-state index in [9.17, 15) is 9.90 Å². The maximum absolute atomic E-state index is 12.3. The number of amides is 1. The lowest BCUT2D eigenvalue weighted by atomic mass is 9.95. The Morgan fingerprint density at radius 2 is 2.12 bits per heavy atom. The Hall–Kier alpha value is -2.38. The van der Waals surface area contributed by atoms with E-state index in [1.165, 1.54) is 0 Å². The fraction of sp³-hybridized carbons (Fsp3) is 0.444. The first-order valence-electron chi connectivity index (χ1n) is 8.51. The van der Waals surface area contributed by atoms with Gasteiger partial charge in [0.25, 0.3) is 5.91 Å². The number of hydrogen-bond acceptors (Lipinski definition) is 5. The van der Waals surface area contributed by atoms with Gasteiger partial charge in [0.15, 0.2) is 0 Å². The lowest BCUT2D eigenvalue weighted by Crippen LogP contribution is -2.43. The third-order valence-electron chi connectivity index (χ3n) is 4.55. The van der Waals surface area contributed by atoms with Crippen LogP contribution in [0.1, 0.15) is 29.8 Å². The fourth-order valence-corrected chi connectivity index (χ4v) is 2.98. The Kier molecular flexibility index (Phi) is 5.35. The number of aromatic amines is 1. The van der Waals surface area contributed by atoms with Gasteiger partial charge in [0.2, 0.25) is 0 Å². The quantitative estimate of drug-likeness (QED) is 0.656. The Balaban J connectivity index is 1.62. The summed E-state index contributed by atoms with van der Waals surface area (Å²) in [4.78, 5) is 12.3. The second-order valence-electron chi connectivity index (χ2n) is 6.41. The van der Waals surface area contributed by atoms with E-state index in [4.69, 9.17) is 4.74 Å². The molecule has 4 N–H and O–H groups in total. The van der Waals surface area contributed by atoms with Crippen LogP contribution in [0, 0.1) is 0 Å². The van der Waals surface area contributed by atoms with Crippen LogP contribution in [-0.2, 0) is 0 Å². The van der Waals surface area contributed by atoms with Gasteiger partial charge in [0, 0.05) is 12.1 Å². The second-order valence-corrected chi connectivity index (χ2v) is 6.41. The molecule has 1 aliphatic rings. The van der Waals surface area contributed by atoms with Crippen LogP contribution in [0.15, 0.2) is 30.3 Å². The number of rotatable bonds is 5. The average molecular weight is 344 g/mol. The number of carbonyl (C=O) groups excluding carboxylic acids is 1.